The Morgan fingerprint density at radius 1 is 1.25 bits per heavy atom. The van der Waals surface area contributed by atoms with Gasteiger partial charge < -0.3 is 4.90 Å². The van der Waals surface area contributed by atoms with E-state index in [2.05, 4.69) is 27.9 Å². The van der Waals surface area contributed by atoms with Gasteiger partial charge in [0.25, 0.3) is 5.91 Å². The summed E-state index contributed by atoms with van der Waals surface area (Å²) in [7, 11) is 1.94. The lowest BCUT2D eigenvalue weighted by Gasteiger charge is -2.33. The van der Waals surface area contributed by atoms with Crippen LogP contribution in [0.3, 0.4) is 0 Å². The molecule has 1 amide bonds. The third-order valence-electron chi connectivity index (χ3n) is 5.25. The number of nitrogens with zero attached hydrogens (tertiary/aromatic N) is 5. The number of likely N-dealkylation sites (tertiary alicyclic amines) is 1. The molecule has 1 aliphatic carbocycles. The maximum Gasteiger partial charge on any atom is 0.257 e. The second-order valence-corrected chi connectivity index (χ2v) is 7.26. The molecule has 4 rings (SSSR count). The Kier molecular flexibility index (Phi) is 3.70. The van der Waals surface area contributed by atoms with E-state index >= 15 is 0 Å². The first-order valence-corrected chi connectivity index (χ1v) is 8.88. The molecule has 0 spiro atoms. The highest BCUT2D eigenvalue weighted by Crippen LogP contribution is 2.41. The summed E-state index contributed by atoms with van der Waals surface area (Å²) in [6.45, 7) is 5.67. The van der Waals surface area contributed by atoms with Crippen LogP contribution in [0.2, 0.25) is 0 Å². The number of rotatable bonds is 3. The molecule has 0 aromatic carbocycles. The largest absolute Gasteiger partial charge is 0.336 e. The van der Waals surface area contributed by atoms with Crippen LogP contribution >= 0.6 is 0 Å². The molecule has 1 atom stereocenters. The minimum Gasteiger partial charge on any atom is -0.336 e. The van der Waals surface area contributed by atoms with Gasteiger partial charge in [-0.25, -0.2) is 0 Å². The van der Waals surface area contributed by atoms with E-state index in [1.54, 1.807) is 6.20 Å². The summed E-state index contributed by atoms with van der Waals surface area (Å²) in [6, 6.07) is 2.38. The molecule has 6 nitrogen and oxygen atoms in total. The topological polar surface area (TPSA) is 56.0 Å². The fourth-order valence-corrected chi connectivity index (χ4v) is 3.98. The normalized spacial score (nSPS) is 21.3. The molecule has 2 aliphatic rings. The van der Waals surface area contributed by atoms with Crippen molar-refractivity contribution >= 4 is 5.91 Å². The van der Waals surface area contributed by atoms with Gasteiger partial charge >= 0.3 is 0 Å². The van der Waals surface area contributed by atoms with Crippen molar-refractivity contribution in [3.63, 3.8) is 0 Å². The zero-order valence-corrected chi connectivity index (χ0v) is 14.7. The fraction of sp³-hybridized carbons (Fsp3) is 0.611. The van der Waals surface area contributed by atoms with E-state index in [-0.39, 0.29) is 11.9 Å². The summed E-state index contributed by atoms with van der Waals surface area (Å²) >= 11 is 0. The van der Waals surface area contributed by atoms with Gasteiger partial charge in [0.15, 0.2) is 0 Å². The predicted molar refractivity (Wildman–Crippen MR) is 91.1 cm³/mol. The highest BCUT2D eigenvalue weighted by atomic mass is 16.2. The van der Waals surface area contributed by atoms with E-state index in [9.17, 15) is 4.79 Å². The number of hydrogen-bond acceptors (Lipinski definition) is 3. The van der Waals surface area contributed by atoms with Crippen LogP contribution in [0.15, 0.2) is 12.3 Å². The number of piperidine rings is 1. The van der Waals surface area contributed by atoms with Gasteiger partial charge in [-0.05, 0) is 45.6 Å². The van der Waals surface area contributed by atoms with Crippen molar-refractivity contribution in [2.24, 2.45) is 7.05 Å². The molecule has 0 N–H and O–H groups in total. The van der Waals surface area contributed by atoms with E-state index in [1.165, 1.54) is 18.5 Å². The molecule has 2 aromatic rings. The Morgan fingerprint density at radius 3 is 2.71 bits per heavy atom. The number of hydrogen-bond donors (Lipinski definition) is 0. The lowest BCUT2D eigenvalue weighted by molar-refractivity contribution is 0.0670. The standard InChI is InChI=1S/C18H25N5O/c1-12-9-13(2)23(20-12)15-5-4-8-22(11-15)18(24)16-10-19-21(3)17(16)14-6-7-14/h9-10,14-15H,4-8,11H2,1-3H3/t15-/m1/s1. The molecule has 6 heteroatoms. The summed E-state index contributed by atoms with van der Waals surface area (Å²) in [6.07, 6.45) is 6.20. The van der Waals surface area contributed by atoms with Gasteiger partial charge in [-0.1, -0.05) is 0 Å². The first-order valence-electron chi connectivity index (χ1n) is 8.88. The number of aromatic nitrogens is 4. The van der Waals surface area contributed by atoms with Gasteiger partial charge in [-0.15, -0.1) is 0 Å². The Hall–Kier alpha value is -2.11. The molecule has 0 bridgehead atoms. The first kappa shape index (κ1) is 15.4. The molecule has 2 fully saturated rings. The maximum atomic E-state index is 13.1. The van der Waals surface area contributed by atoms with Crippen molar-refractivity contribution in [3.05, 3.63) is 34.9 Å². The van der Waals surface area contributed by atoms with Crippen molar-refractivity contribution in [1.82, 2.24) is 24.5 Å². The van der Waals surface area contributed by atoms with E-state index in [4.69, 9.17) is 0 Å². The van der Waals surface area contributed by atoms with Gasteiger partial charge in [-0.3, -0.25) is 14.2 Å². The summed E-state index contributed by atoms with van der Waals surface area (Å²) in [5.41, 5.74) is 4.13. The van der Waals surface area contributed by atoms with Crippen LogP contribution in [-0.2, 0) is 7.05 Å². The second kappa shape index (κ2) is 5.76. The van der Waals surface area contributed by atoms with Crippen molar-refractivity contribution < 1.29 is 4.79 Å². The minimum atomic E-state index is 0.135. The smallest absolute Gasteiger partial charge is 0.257 e. The lowest BCUT2D eigenvalue weighted by Crippen LogP contribution is -2.41. The second-order valence-electron chi connectivity index (χ2n) is 7.26. The molecular formula is C18H25N5O. The minimum absolute atomic E-state index is 0.135. The van der Waals surface area contributed by atoms with Gasteiger partial charge in [0.1, 0.15) is 0 Å². The van der Waals surface area contributed by atoms with Crippen LogP contribution < -0.4 is 0 Å². The number of carbonyl (C=O) groups excluding carboxylic acids is 1. The highest BCUT2D eigenvalue weighted by Gasteiger charge is 2.34. The average Bonchev–Trinajstić information content (AvgIpc) is 3.25. The van der Waals surface area contributed by atoms with Crippen LogP contribution in [-0.4, -0.2) is 43.5 Å². The summed E-state index contributed by atoms with van der Waals surface area (Å²) < 4.78 is 3.98. The van der Waals surface area contributed by atoms with Gasteiger partial charge in [0.2, 0.25) is 0 Å². The van der Waals surface area contributed by atoms with Crippen LogP contribution in [0.1, 0.15) is 65.1 Å². The predicted octanol–water partition coefficient (Wildman–Crippen LogP) is 2.59. The van der Waals surface area contributed by atoms with Gasteiger partial charge in [-0.2, -0.15) is 10.2 Å². The molecule has 24 heavy (non-hydrogen) atoms. The molecule has 2 aromatic heterocycles. The molecule has 128 valence electrons. The molecule has 1 aliphatic heterocycles. The Balaban J connectivity index is 1.56. The van der Waals surface area contributed by atoms with Gasteiger partial charge in [0, 0.05) is 31.7 Å². The molecule has 0 radical (unpaired) electrons. The Morgan fingerprint density at radius 2 is 2.04 bits per heavy atom. The monoisotopic (exact) mass is 327 g/mol. The van der Waals surface area contributed by atoms with E-state index in [1.807, 2.05) is 23.6 Å². The van der Waals surface area contributed by atoms with Gasteiger partial charge in [0.05, 0.1) is 29.2 Å². The number of aryl methyl sites for hydroxylation is 3. The molecular weight excluding hydrogens is 302 g/mol. The van der Waals surface area contributed by atoms with Crippen molar-refractivity contribution in [2.75, 3.05) is 13.1 Å². The Labute approximate surface area is 142 Å². The van der Waals surface area contributed by atoms with E-state index in [0.29, 0.717) is 5.92 Å². The molecule has 1 saturated carbocycles. The zero-order valence-electron chi connectivity index (χ0n) is 14.7. The summed E-state index contributed by atoms with van der Waals surface area (Å²) in [4.78, 5) is 15.1. The van der Waals surface area contributed by atoms with Crippen LogP contribution in [0.5, 0.6) is 0 Å². The van der Waals surface area contributed by atoms with Crippen LogP contribution in [0.25, 0.3) is 0 Å². The first-order chi connectivity index (χ1) is 11.5. The SMILES string of the molecule is Cc1cc(C)n([C@@H]2CCCN(C(=O)c3cnn(C)c3C3CC3)C2)n1. The number of carbonyl (C=O) groups is 1. The van der Waals surface area contributed by atoms with E-state index in [0.717, 1.165) is 42.9 Å². The molecule has 3 heterocycles. The molecule has 0 unspecified atom stereocenters. The number of amides is 1. The Bertz CT molecular complexity index is 770. The average molecular weight is 327 g/mol. The lowest BCUT2D eigenvalue weighted by atomic mass is 10.0. The maximum absolute atomic E-state index is 13.1. The third kappa shape index (κ3) is 2.64. The third-order valence-corrected chi connectivity index (χ3v) is 5.25. The highest BCUT2D eigenvalue weighted by molar-refractivity contribution is 5.95. The van der Waals surface area contributed by atoms with E-state index < -0.39 is 0 Å². The summed E-state index contributed by atoms with van der Waals surface area (Å²) in [5.74, 6) is 0.657. The zero-order chi connectivity index (χ0) is 16.8. The fourth-order valence-electron chi connectivity index (χ4n) is 3.98. The van der Waals surface area contributed by atoms with Crippen molar-refractivity contribution in [1.29, 1.82) is 0 Å². The van der Waals surface area contributed by atoms with Crippen LogP contribution in [0.4, 0.5) is 0 Å². The quantitative estimate of drug-likeness (QED) is 0.871. The van der Waals surface area contributed by atoms with Crippen molar-refractivity contribution in [2.45, 2.75) is 51.5 Å². The van der Waals surface area contributed by atoms with Crippen molar-refractivity contribution in [3.8, 4) is 0 Å². The summed E-state index contributed by atoms with van der Waals surface area (Å²) in [5, 5.41) is 8.96. The van der Waals surface area contributed by atoms with Crippen LogP contribution in [0, 0.1) is 13.8 Å². The molecule has 1 saturated heterocycles.